The standard InChI is InChI=1S/C18H28N2O2/c1-14-13-16(9-10-18(14,2)3)22-12-11-19-17(21)20-15-7-5-4-6-8-15/h4-8,14,16H,9-13H2,1-3H3,(H2,19,20,21)/t14-,16-/m0/s1. The van der Waals surface area contributed by atoms with Crippen molar-refractivity contribution < 1.29 is 9.53 Å². The van der Waals surface area contributed by atoms with Gasteiger partial charge in [0, 0.05) is 12.2 Å². The fourth-order valence-corrected chi connectivity index (χ4v) is 2.85. The zero-order valence-corrected chi connectivity index (χ0v) is 13.9. The minimum Gasteiger partial charge on any atom is -0.376 e. The van der Waals surface area contributed by atoms with Crippen LogP contribution in [-0.4, -0.2) is 25.3 Å². The fraction of sp³-hybridized carbons (Fsp3) is 0.611. The minimum atomic E-state index is -0.187. The summed E-state index contributed by atoms with van der Waals surface area (Å²) >= 11 is 0. The van der Waals surface area contributed by atoms with Gasteiger partial charge >= 0.3 is 6.03 Å². The largest absolute Gasteiger partial charge is 0.376 e. The zero-order valence-electron chi connectivity index (χ0n) is 13.9. The van der Waals surface area contributed by atoms with Crippen LogP contribution >= 0.6 is 0 Å². The highest BCUT2D eigenvalue weighted by molar-refractivity contribution is 5.89. The smallest absolute Gasteiger partial charge is 0.319 e. The van der Waals surface area contributed by atoms with Crippen LogP contribution in [0.5, 0.6) is 0 Å². The molecule has 1 fully saturated rings. The fourth-order valence-electron chi connectivity index (χ4n) is 2.85. The van der Waals surface area contributed by atoms with Crippen molar-refractivity contribution in [3.05, 3.63) is 30.3 Å². The normalized spacial score (nSPS) is 23.8. The molecular formula is C18H28N2O2. The number of hydrogen-bond donors (Lipinski definition) is 2. The molecule has 0 unspecified atom stereocenters. The number of carbonyl (C=O) groups is 1. The van der Waals surface area contributed by atoms with Gasteiger partial charge in [0.2, 0.25) is 0 Å². The molecule has 2 rings (SSSR count). The second-order valence-corrected chi connectivity index (χ2v) is 6.90. The van der Waals surface area contributed by atoms with E-state index in [0.717, 1.165) is 18.5 Å². The van der Waals surface area contributed by atoms with Gasteiger partial charge in [-0.25, -0.2) is 4.79 Å². The van der Waals surface area contributed by atoms with Crippen molar-refractivity contribution in [2.45, 2.75) is 46.1 Å². The molecule has 22 heavy (non-hydrogen) atoms. The first-order chi connectivity index (χ1) is 10.5. The summed E-state index contributed by atoms with van der Waals surface area (Å²) in [4.78, 5) is 11.7. The van der Waals surface area contributed by atoms with Crippen molar-refractivity contribution in [3.63, 3.8) is 0 Å². The molecule has 0 bridgehead atoms. The second kappa shape index (κ2) is 7.63. The number of anilines is 1. The summed E-state index contributed by atoms with van der Waals surface area (Å²) in [7, 11) is 0. The van der Waals surface area contributed by atoms with Crippen LogP contribution in [0, 0.1) is 11.3 Å². The predicted octanol–water partition coefficient (Wildman–Crippen LogP) is 4.04. The quantitative estimate of drug-likeness (QED) is 0.807. The highest BCUT2D eigenvalue weighted by Gasteiger charge is 2.33. The average Bonchev–Trinajstić information content (AvgIpc) is 2.48. The highest BCUT2D eigenvalue weighted by atomic mass is 16.5. The maximum atomic E-state index is 11.7. The van der Waals surface area contributed by atoms with Crippen LogP contribution in [0.25, 0.3) is 0 Å². The molecule has 2 atom stereocenters. The Hall–Kier alpha value is -1.55. The summed E-state index contributed by atoms with van der Waals surface area (Å²) in [6.07, 6.45) is 3.78. The van der Waals surface area contributed by atoms with Crippen molar-refractivity contribution >= 4 is 11.7 Å². The molecule has 2 N–H and O–H groups in total. The van der Waals surface area contributed by atoms with Crippen LogP contribution in [-0.2, 0) is 4.74 Å². The molecule has 1 aliphatic carbocycles. The van der Waals surface area contributed by atoms with Crippen molar-refractivity contribution in [1.29, 1.82) is 0 Å². The van der Waals surface area contributed by atoms with E-state index in [0.29, 0.717) is 30.6 Å². The van der Waals surface area contributed by atoms with E-state index >= 15 is 0 Å². The van der Waals surface area contributed by atoms with Crippen molar-refractivity contribution in [3.8, 4) is 0 Å². The first kappa shape index (κ1) is 16.8. The lowest BCUT2D eigenvalue weighted by molar-refractivity contribution is -0.0186. The molecule has 0 spiro atoms. The number of nitrogens with one attached hydrogen (secondary N) is 2. The molecule has 0 aliphatic heterocycles. The molecule has 0 radical (unpaired) electrons. The number of hydrogen-bond acceptors (Lipinski definition) is 2. The second-order valence-electron chi connectivity index (χ2n) is 6.90. The third-order valence-corrected chi connectivity index (χ3v) is 4.83. The number of carbonyl (C=O) groups excluding carboxylic acids is 1. The van der Waals surface area contributed by atoms with E-state index in [4.69, 9.17) is 4.74 Å². The Kier molecular flexibility index (Phi) is 5.83. The maximum absolute atomic E-state index is 11.7. The molecule has 4 nitrogen and oxygen atoms in total. The van der Waals surface area contributed by atoms with Gasteiger partial charge in [0.1, 0.15) is 0 Å². The number of para-hydroxylation sites is 1. The van der Waals surface area contributed by atoms with Gasteiger partial charge in [0.25, 0.3) is 0 Å². The lowest BCUT2D eigenvalue weighted by Crippen LogP contribution is -2.36. The first-order valence-corrected chi connectivity index (χ1v) is 8.19. The van der Waals surface area contributed by atoms with Crippen LogP contribution in [0.15, 0.2) is 30.3 Å². The van der Waals surface area contributed by atoms with Crippen molar-refractivity contribution in [2.75, 3.05) is 18.5 Å². The van der Waals surface area contributed by atoms with E-state index in [1.54, 1.807) is 0 Å². The molecule has 1 aromatic carbocycles. The van der Waals surface area contributed by atoms with Gasteiger partial charge in [0.05, 0.1) is 12.7 Å². The number of urea groups is 1. The third-order valence-electron chi connectivity index (χ3n) is 4.83. The highest BCUT2D eigenvalue weighted by Crippen LogP contribution is 2.40. The summed E-state index contributed by atoms with van der Waals surface area (Å²) in [5.41, 5.74) is 1.22. The van der Waals surface area contributed by atoms with Crippen LogP contribution < -0.4 is 10.6 Å². The summed E-state index contributed by atoms with van der Waals surface area (Å²) in [5.74, 6) is 0.681. The monoisotopic (exact) mass is 304 g/mol. The Labute approximate surface area is 133 Å². The molecule has 4 heteroatoms. The van der Waals surface area contributed by atoms with Crippen LogP contribution in [0.4, 0.5) is 10.5 Å². The Bertz CT molecular complexity index is 473. The maximum Gasteiger partial charge on any atom is 0.319 e. The van der Waals surface area contributed by atoms with Crippen molar-refractivity contribution in [1.82, 2.24) is 5.32 Å². The van der Waals surface area contributed by atoms with E-state index < -0.39 is 0 Å². The van der Waals surface area contributed by atoms with Gasteiger partial charge in [0.15, 0.2) is 0 Å². The van der Waals surface area contributed by atoms with Gasteiger partial charge in [-0.15, -0.1) is 0 Å². The minimum absolute atomic E-state index is 0.187. The van der Waals surface area contributed by atoms with Crippen LogP contribution in [0.2, 0.25) is 0 Å². The summed E-state index contributed by atoms with van der Waals surface area (Å²) in [6, 6.07) is 9.24. The average molecular weight is 304 g/mol. The Morgan fingerprint density at radius 2 is 2.05 bits per heavy atom. The van der Waals surface area contributed by atoms with Gasteiger partial charge in [-0.2, -0.15) is 0 Å². The topological polar surface area (TPSA) is 50.4 Å². The number of benzene rings is 1. The van der Waals surface area contributed by atoms with Crippen LogP contribution in [0.1, 0.15) is 40.0 Å². The van der Waals surface area contributed by atoms with Gasteiger partial charge < -0.3 is 15.4 Å². The number of ether oxygens (including phenoxy) is 1. The van der Waals surface area contributed by atoms with Crippen molar-refractivity contribution in [2.24, 2.45) is 11.3 Å². The number of rotatable bonds is 5. The molecule has 1 aliphatic rings. The van der Waals surface area contributed by atoms with Gasteiger partial charge in [-0.1, -0.05) is 39.0 Å². The van der Waals surface area contributed by atoms with E-state index in [9.17, 15) is 4.79 Å². The lowest BCUT2D eigenvalue weighted by Gasteiger charge is -2.40. The summed E-state index contributed by atoms with van der Waals surface area (Å²) in [6.45, 7) is 8.08. The molecule has 122 valence electrons. The zero-order chi connectivity index (χ0) is 16.0. The van der Waals surface area contributed by atoms with E-state index in [1.165, 1.54) is 6.42 Å². The molecule has 0 heterocycles. The van der Waals surface area contributed by atoms with Gasteiger partial charge in [-0.3, -0.25) is 0 Å². The Balaban J connectivity index is 1.60. The molecular weight excluding hydrogens is 276 g/mol. The number of amides is 2. The van der Waals surface area contributed by atoms with E-state index in [-0.39, 0.29) is 6.03 Å². The third kappa shape index (κ3) is 5.02. The van der Waals surface area contributed by atoms with E-state index in [1.807, 2.05) is 30.3 Å². The summed E-state index contributed by atoms with van der Waals surface area (Å²) in [5, 5.41) is 5.62. The molecule has 1 aromatic rings. The summed E-state index contributed by atoms with van der Waals surface area (Å²) < 4.78 is 5.90. The first-order valence-electron chi connectivity index (χ1n) is 8.19. The van der Waals surface area contributed by atoms with Gasteiger partial charge in [-0.05, 0) is 42.7 Å². The predicted molar refractivity (Wildman–Crippen MR) is 90.0 cm³/mol. The molecule has 0 saturated heterocycles. The lowest BCUT2D eigenvalue weighted by atomic mass is 9.69. The van der Waals surface area contributed by atoms with E-state index in [2.05, 4.69) is 31.4 Å². The molecule has 2 amide bonds. The molecule has 1 saturated carbocycles. The van der Waals surface area contributed by atoms with Crippen LogP contribution in [0.3, 0.4) is 0 Å². The molecule has 0 aromatic heterocycles. The SMILES string of the molecule is C[C@H]1C[C@@H](OCCNC(=O)Nc2ccccc2)CCC1(C)C. The Morgan fingerprint density at radius 1 is 1.32 bits per heavy atom. The Morgan fingerprint density at radius 3 is 2.73 bits per heavy atom.